The van der Waals surface area contributed by atoms with Crippen LogP contribution in [0.3, 0.4) is 0 Å². The van der Waals surface area contributed by atoms with E-state index >= 15 is 0 Å². The van der Waals surface area contributed by atoms with E-state index < -0.39 is 0 Å². The molecule has 0 unspecified atom stereocenters. The minimum absolute atomic E-state index is 0.813. The Morgan fingerprint density at radius 1 is 0.769 bits per heavy atom. The second kappa shape index (κ2) is 6.84. The highest BCUT2D eigenvalue weighted by Crippen LogP contribution is 2.29. The lowest BCUT2D eigenvalue weighted by Gasteiger charge is -2.13. The molecule has 26 heavy (non-hydrogen) atoms. The maximum Gasteiger partial charge on any atom is 0.141 e. The summed E-state index contributed by atoms with van der Waals surface area (Å²) in [5.41, 5.74) is 5.44. The second-order valence-corrected chi connectivity index (χ2v) is 6.39. The molecule has 0 aliphatic rings. The molecule has 0 bridgehead atoms. The fraction of sp³-hybridized carbons (Fsp3) is 0.0909. The van der Waals surface area contributed by atoms with E-state index in [1.54, 1.807) is 6.33 Å². The minimum Gasteiger partial charge on any atom is -0.378 e. The molecule has 1 N–H and O–H groups in total. The number of para-hydroxylation sites is 1. The number of benzene rings is 3. The van der Waals surface area contributed by atoms with Gasteiger partial charge < -0.3 is 10.2 Å². The molecule has 0 amide bonds. The summed E-state index contributed by atoms with van der Waals surface area (Å²) < 4.78 is 0. The predicted octanol–water partition coefficient (Wildman–Crippen LogP) is 5.11. The third kappa shape index (κ3) is 3.22. The van der Waals surface area contributed by atoms with E-state index in [-0.39, 0.29) is 0 Å². The number of nitrogens with zero attached hydrogens (tertiary/aromatic N) is 3. The number of hydrogen-bond acceptors (Lipinski definition) is 4. The lowest BCUT2D eigenvalue weighted by atomic mass is 10.0. The number of rotatable bonds is 4. The van der Waals surface area contributed by atoms with Crippen LogP contribution in [0.1, 0.15) is 0 Å². The lowest BCUT2D eigenvalue weighted by Crippen LogP contribution is -2.07. The predicted molar refractivity (Wildman–Crippen MR) is 109 cm³/mol. The van der Waals surface area contributed by atoms with E-state index in [1.165, 1.54) is 11.3 Å². The van der Waals surface area contributed by atoms with Crippen LogP contribution in [0, 0.1) is 0 Å². The van der Waals surface area contributed by atoms with E-state index in [4.69, 9.17) is 0 Å². The number of anilines is 3. The first kappa shape index (κ1) is 16.1. The topological polar surface area (TPSA) is 41.1 Å². The van der Waals surface area contributed by atoms with Gasteiger partial charge in [-0.25, -0.2) is 9.97 Å². The van der Waals surface area contributed by atoms with Gasteiger partial charge in [0.05, 0.1) is 5.52 Å². The van der Waals surface area contributed by atoms with E-state index in [1.807, 2.05) is 50.5 Å². The highest BCUT2D eigenvalue weighted by Gasteiger charge is 2.07. The van der Waals surface area contributed by atoms with Crippen LogP contribution >= 0.6 is 0 Å². The third-order valence-electron chi connectivity index (χ3n) is 4.39. The molecule has 0 radical (unpaired) electrons. The van der Waals surface area contributed by atoms with Gasteiger partial charge >= 0.3 is 0 Å². The summed E-state index contributed by atoms with van der Waals surface area (Å²) in [6, 6.07) is 24.9. The molecule has 1 heterocycles. The molecule has 0 fully saturated rings. The minimum atomic E-state index is 0.813. The standard InChI is InChI=1S/C22H20N4/c1-26(2)19-11-8-16(9-12-19)17-10-13-21-20(14-17)22(24-15-23-21)25-18-6-4-3-5-7-18/h3-15H,1-2H3,(H,23,24,25). The van der Waals surface area contributed by atoms with E-state index in [9.17, 15) is 0 Å². The molecule has 4 heteroatoms. The molecule has 0 spiro atoms. The fourth-order valence-electron chi connectivity index (χ4n) is 2.95. The Labute approximate surface area is 153 Å². The molecular formula is C22H20N4. The zero-order valence-electron chi connectivity index (χ0n) is 14.8. The van der Waals surface area contributed by atoms with Crippen molar-refractivity contribution in [2.24, 2.45) is 0 Å². The Hall–Kier alpha value is -3.40. The average Bonchev–Trinajstić information content (AvgIpc) is 2.69. The van der Waals surface area contributed by atoms with Gasteiger partial charge in [0.1, 0.15) is 12.1 Å². The third-order valence-corrected chi connectivity index (χ3v) is 4.39. The first-order chi connectivity index (χ1) is 12.7. The Balaban J connectivity index is 1.75. The smallest absolute Gasteiger partial charge is 0.141 e. The van der Waals surface area contributed by atoms with Crippen molar-refractivity contribution in [1.82, 2.24) is 9.97 Å². The van der Waals surface area contributed by atoms with Crippen LogP contribution in [0.25, 0.3) is 22.0 Å². The van der Waals surface area contributed by atoms with Crippen LogP contribution in [0.2, 0.25) is 0 Å². The van der Waals surface area contributed by atoms with Gasteiger partial charge in [0.15, 0.2) is 0 Å². The van der Waals surface area contributed by atoms with E-state index in [0.29, 0.717) is 0 Å². The van der Waals surface area contributed by atoms with E-state index in [0.717, 1.165) is 28.0 Å². The van der Waals surface area contributed by atoms with Gasteiger partial charge in [0, 0.05) is 30.9 Å². The maximum absolute atomic E-state index is 4.45. The van der Waals surface area contributed by atoms with Crippen molar-refractivity contribution < 1.29 is 0 Å². The highest BCUT2D eigenvalue weighted by atomic mass is 15.1. The van der Waals surface area contributed by atoms with Crippen molar-refractivity contribution >= 4 is 28.1 Å². The van der Waals surface area contributed by atoms with Gasteiger partial charge in [-0.05, 0) is 47.5 Å². The van der Waals surface area contributed by atoms with Crippen LogP contribution in [-0.4, -0.2) is 24.1 Å². The molecule has 3 aromatic carbocycles. The summed E-state index contributed by atoms with van der Waals surface area (Å²) in [6.45, 7) is 0. The lowest BCUT2D eigenvalue weighted by molar-refractivity contribution is 1.13. The largest absolute Gasteiger partial charge is 0.378 e. The van der Waals surface area contributed by atoms with E-state index in [2.05, 4.69) is 56.6 Å². The molecule has 0 aliphatic carbocycles. The SMILES string of the molecule is CN(C)c1ccc(-c2ccc3ncnc(Nc4ccccc4)c3c2)cc1. The molecule has 128 valence electrons. The number of fused-ring (bicyclic) bond motifs is 1. The van der Waals surface area contributed by atoms with Gasteiger partial charge in [-0.1, -0.05) is 36.4 Å². The molecule has 0 saturated carbocycles. The molecule has 1 aromatic heterocycles. The maximum atomic E-state index is 4.45. The van der Waals surface area contributed by atoms with Gasteiger partial charge in [-0.15, -0.1) is 0 Å². The molecule has 0 saturated heterocycles. The summed E-state index contributed by atoms with van der Waals surface area (Å²) >= 11 is 0. The average molecular weight is 340 g/mol. The second-order valence-electron chi connectivity index (χ2n) is 6.39. The molecule has 0 atom stereocenters. The first-order valence-corrected chi connectivity index (χ1v) is 8.55. The van der Waals surface area contributed by atoms with Crippen molar-refractivity contribution in [2.75, 3.05) is 24.3 Å². The quantitative estimate of drug-likeness (QED) is 0.561. The Bertz CT molecular complexity index is 1020. The van der Waals surface area contributed by atoms with Gasteiger partial charge in [-0.2, -0.15) is 0 Å². The number of nitrogens with one attached hydrogen (secondary N) is 1. The molecule has 4 rings (SSSR count). The molecular weight excluding hydrogens is 320 g/mol. The van der Waals surface area contributed by atoms with Crippen molar-refractivity contribution in [3.05, 3.63) is 79.1 Å². The monoisotopic (exact) mass is 340 g/mol. The van der Waals surface area contributed by atoms with Crippen LogP contribution in [0.4, 0.5) is 17.2 Å². The van der Waals surface area contributed by atoms with Crippen LogP contribution in [0.5, 0.6) is 0 Å². The number of aromatic nitrogens is 2. The Morgan fingerprint density at radius 3 is 2.23 bits per heavy atom. The summed E-state index contributed by atoms with van der Waals surface area (Å²) in [4.78, 5) is 10.9. The molecule has 4 nitrogen and oxygen atoms in total. The van der Waals surface area contributed by atoms with Gasteiger partial charge in [0.2, 0.25) is 0 Å². The first-order valence-electron chi connectivity index (χ1n) is 8.55. The van der Waals surface area contributed by atoms with Crippen molar-refractivity contribution in [1.29, 1.82) is 0 Å². The summed E-state index contributed by atoms with van der Waals surface area (Å²) in [5.74, 6) is 0.813. The van der Waals surface area contributed by atoms with Crippen LogP contribution in [-0.2, 0) is 0 Å². The van der Waals surface area contributed by atoms with Crippen LogP contribution < -0.4 is 10.2 Å². The van der Waals surface area contributed by atoms with Gasteiger partial charge in [0.25, 0.3) is 0 Å². The summed E-state index contributed by atoms with van der Waals surface area (Å²) in [6.07, 6.45) is 1.60. The van der Waals surface area contributed by atoms with Crippen molar-refractivity contribution in [3.8, 4) is 11.1 Å². The summed E-state index contributed by atoms with van der Waals surface area (Å²) in [7, 11) is 4.09. The molecule has 0 aliphatic heterocycles. The van der Waals surface area contributed by atoms with Crippen molar-refractivity contribution in [3.63, 3.8) is 0 Å². The highest BCUT2D eigenvalue weighted by molar-refractivity contribution is 5.93. The molecule has 4 aromatic rings. The Morgan fingerprint density at radius 2 is 1.50 bits per heavy atom. The Kier molecular flexibility index (Phi) is 4.23. The fourth-order valence-corrected chi connectivity index (χ4v) is 2.95. The number of hydrogen-bond donors (Lipinski definition) is 1. The summed E-state index contributed by atoms with van der Waals surface area (Å²) in [5, 5.41) is 4.40. The van der Waals surface area contributed by atoms with Crippen molar-refractivity contribution in [2.45, 2.75) is 0 Å². The normalized spacial score (nSPS) is 10.7. The van der Waals surface area contributed by atoms with Gasteiger partial charge in [-0.3, -0.25) is 0 Å². The zero-order chi connectivity index (χ0) is 17.9. The van der Waals surface area contributed by atoms with Crippen LogP contribution in [0.15, 0.2) is 79.1 Å². The zero-order valence-corrected chi connectivity index (χ0v) is 14.8.